The number of aliphatic hydroxyl groups is 1. The van der Waals surface area contributed by atoms with Crippen LogP contribution in [0.5, 0.6) is 5.75 Å². The quantitative estimate of drug-likeness (QED) is 0.786. The van der Waals surface area contributed by atoms with E-state index in [1.165, 1.54) is 0 Å². The number of halogens is 1. The zero-order chi connectivity index (χ0) is 11.4. The van der Waals surface area contributed by atoms with Crippen LogP contribution in [0.25, 0.3) is 0 Å². The fraction of sp³-hybridized carbons (Fsp3) is 0.455. The summed E-state index contributed by atoms with van der Waals surface area (Å²) >= 11 is 3.38. The van der Waals surface area contributed by atoms with Crippen LogP contribution in [0, 0.1) is 6.92 Å². The van der Waals surface area contributed by atoms with E-state index >= 15 is 0 Å². The van der Waals surface area contributed by atoms with Crippen molar-refractivity contribution >= 4 is 15.9 Å². The van der Waals surface area contributed by atoms with Gasteiger partial charge in [0.25, 0.3) is 0 Å². The second kappa shape index (κ2) is 5.49. The molecule has 0 amide bonds. The van der Waals surface area contributed by atoms with Crippen molar-refractivity contribution in [1.82, 2.24) is 5.32 Å². The molecule has 3 nitrogen and oxygen atoms in total. The maximum atomic E-state index is 9.76. The third-order valence-corrected chi connectivity index (χ3v) is 2.56. The van der Waals surface area contributed by atoms with Crippen LogP contribution in [0.2, 0.25) is 0 Å². The van der Waals surface area contributed by atoms with Gasteiger partial charge in [-0.3, -0.25) is 0 Å². The van der Waals surface area contributed by atoms with E-state index in [9.17, 15) is 5.11 Å². The number of benzene rings is 1. The molecule has 0 spiro atoms. The van der Waals surface area contributed by atoms with Crippen LogP contribution < -0.4 is 5.32 Å². The molecule has 0 radical (unpaired) electrons. The van der Waals surface area contributed by atoms with E-state index in [0.717, 1.165) is 15.6 Å². The van der Waals surface area contributed by atoms with Gasteiger partial charge in [-0.05, 0) is 31.5 Å². The zero-order valence-electron chi connectivity index (χ0n) is 8.92. The number of hydrogen-bond donors (Lipinski definition) is 3. The van der Waals surface area contributed by atoms with E-state index in [4.69, 9.17) is 5.11 Å². The van der Waals surface area contributed by atoms with Gasteiger partial charge in [-0.25, -0.2) is 0 Å². The first-order chi connectivity index (χ1) is 7.00. The Kier molecular flexibility index (Phi) is 4.57. The molecule has 3 N–H and O–H groups in total. The molecular weight excluding hydrogens is 258 g/mol. The van der Waals surface area contributed by atoms with Gasteiger partial charge < -0.3 is 15.5 Å². The van der Waals surface area contributed by atoms with Crippen molar-refractivity contribution in [1.29, 1.82) is 0 Å². The minimum Gasteiger partial charge on any atom is -0.507 e. The smallest absolute Gasteiger partial charge is 0.123 e. The number of phenolic OH excluding ortho intramolecular Hbond substituents is 1. The average molecular weight is 274 g/mol. The molecule has 1 aromatic carbocycles. The fourth-order valence-corrected chi connectivity index (χ4v) is 1.98. The van der Waals surface area contributed by atoms with Crippen LogP contribution >= 0.6 is 15.9 Å². The highest BCUT2D eigenvalue weighted by Crippen LogP contribution is 2.26. The predicted molar refractivity (Wildman–Crippen MR) is 63.9 cm³/mol. The maximum Gasteiger partial charge on any atom is 0.123 e. The molecule has 15 heavy (non-hydrogen) atoms. The molecule has 84 valence electrons. The van der Waals surface area contributed by atoms with E-state index in [1.807, 2.05) is 19.1 Å². The summed E-state index contributed by atoms with van der Waals surface area (Å²) in [4.78, 5) is 0. The second-order valence-electron chi connectivity index (χ2n) is 3.71. The standard InChI is InChI=1S/C11H16BrNO2/c1-7-3-10(12)4-9(11(7)15)6-13-5-8(2)14/h3-4,8,13-15H,5-6H2,1-2H3/t8-/m1/s1. The molecule has 0 fully saturated rings. The van der Waals surface area contributed by atoms with Crippen LogP contribution in [-0.4, -0.2) is 22.9 Å². The molecule has 0 aliphatic heterocycles. The molecule has 0 aromatic heterocycles. The number of aryl methyl sites for hydroxylation is 1. The van der Waals surface area contributed by atoms with Crippen molar-refractivity contribution < 1.29 is 10.2 Å². The number of rotatable bonds is 4. The molecular formula is C11H16BrNO2. The van der Waals surface area contributed by atoms with Crippen molar-refractivity contribution in [2.45, 2.75) is 26.5 Å². The van der Waals surface area contributed by atoms with Crippen LogP contribution in [0.1, 0.15) is 18.1 Å². The topological polar surface area (TPSA) is 52.5 Å². The Bertz CT molecular complexity index is 340. The molecule has 1 rings (SSSR count). The third kappa shape index (κ3) is 3.81. The summed E-state index contributed by atoms with van der Waals surface area (Å²) in [5.41, 5.74) is 1.68. The molecule has 4 heteroatoms. The Labute approximate surface area is 98.3 Å². The van der Waals surface area contributed by atoms with Crippen LogP contribution in [0.15, 0.2) is 16.6 Å². The summed E-state index contributed by atoms with van der Waals surface area (Å²) in [6.07, 6.45) is -0.375. The maximum absolute atomic E-state index is 9.76. The third-order valence-electron chi connectivity index (χ3n) is 2.10. The molecule has 0 heterocycles. The average Bonchev–Trinajstić information content (AvgIpc) is 2.12. The summed E-state index contributed by atoms with van der Waals surface area (Å²) < 4.78 is 0.951. The predicted octanol–water partition coefficient (Wildman–Crippen LogP) is 1.93. The zero-order valence-corrected chi connectivity index (χ0v) is 10.5. The lowest BCUT2D eigenvalue weighted by Gasteiger charge is -2.10. The molecule has 0 bridgehead atoms. The Morgan fingerprint density at radius 1 is 1.47 bits per heavy atom. The van der Waals surface area contributed by atoms with Gasteiger partial charge in [-0.1, -0.05) is 15.9 Å². The monoisotopic (exact) mass is 273 g/mol. The van der Waals surface area contributed by atoms with Gasteiger partial charge in [-0.2, -0.15) is 0 Å². The van der Waals surface area contributed by atoms with Crippen molar-refractivity contribution in [3.63, 3.8) is 0 Å². The van der Waals surface area contributed by atoms with Crippen molar-refractivity contribution in [3.05, 3.63) is 27.7 Å². The number of phenols is 1. The Morgan fingerprint density at radius 2 is 2.13 bits per heavy atom. The summed E-state index contributed by atoms with van der Waals surface area (Å²) in [6.45, 7) is 4.65. The first-order valence-corrected chi connectivity index (χ1v) is 5.66. The molecule has 0 aliphatic carbocycles. The summed E-state index contributed by atoms with van der Waals surface area (Å²) in [5.74, 6) is 0.316. The fourth-order valence-electron chi connectivity index (χ4n) is 1.36. The van der Waals surface area contributed by atoms with E-state index in [0.29, 0.717) is 18.8 Å². The normalized spacial score (nSPS) is 12.8. The Balaban J connectivity index is 2.68. The lowest BCUT2D eigenvalue weighted by Crippen LogP contribution is -2.23. The molecule has 0 saturated heterocycles. The number of hydrogen-bond acceptors (Lipinski definition) is 3. The van der Waals surface area contributed by atoms with Gasteiger partial charge in [0.15, 0.2) is 0 Å². The number of aromatic hydroxyl groups is 1. The van der Waals surface area contributed by atoms with E-state index < -0.39 is 0 Å². The summed E-state index contributed by atoms with van der Waals surface area (Å²) in [5, 5.41) is 21.9. The largest absolute Gasteiger partial charge is 0.507 e. The Hall–Kier alpha value is -0.580. The van der Waals surface area contributed by atoms with Gasteiger partial charge >= 0.3 is 0 Å². The molecule has 1 atom stereocenters. The van der Waals surface area contributed by atoms with Gasteiger partial charge in [0.05, 0.1) is 6.10 Å². The van der Waals surface area contributed by atoms with Crippen molar-refractivity contribution in [2.75, 3.05) is 6.54 Å². The first-order valence-electron chi connectivity index (χ1n) is 4.87. The van der Waals surface area contributed by atoms with Gasteiger partial charge in [0.1, 0.15) is 5.75 Å². The van der Waals surface area contributed by atoms with E-state index in [-0.39, 0.29) is 6.10 Å². The molecule has 0 aliphatic rings. The highest BCUT2D eigenvalue weighted by Gasteiger charge is 2.06. The van der Waals surface area contributed by atoms with Crippen LogP contribution in [0.4, 0.5) is 0 Å². The highest BCUT2D eigenvalue weighted by molar-refractivity contribution is 9.10. The highest BCUT2D eigenvalue weighted by atomic mass is 79.9. The molecule has 0 saturated carbocycles. The van der Waals surface area contributed by atoms with Gasteiger partial charge in [0, 0.05) is 23.1 Å². The number of nitrogens with one attached hydrogen (secondary N) is 1. The molecule has 0 unspecified atom stereocenters. The lowest BCUT2D eigenvalue weighted by molar-refractivity contribution is 0.191. The van der Waals surface area contributed by atoms with Crippen molar-refractivity contribution in [3.8, 4) is 5.75 Å². The summed E-state index contributed by atoms with van der Waals surface area (Å²) in [7, 11) is 0. The SMILES string of the molecule is Cc1cc(Br)cc(CNC[C@@H](C)O)c1O. The van der Waals surface area contributed by atoms with E-state index in [1.54, 1.807) is 6.92 Å². The van der Waals surface area contributed by atoms with E-state index in [2.05, 4.69) is 21.2 Å². The van der Waals surface area contributed by atoms with Crippen molar-refractivity contribution in [2.24, 2.45) is 0 Å². The second-order valence-corrected chi connectivity index (χ2v) is 4.63. The molecule has 1 aromatic rings. The number of aliphatic hydroxyl groups excluding tert-OH is 1. The first kappa shape index (κ1) is 12.5. The summed E-state index contributed by atoms with van der Waals surface area (Å²) in [6, 6.07) is 3.74. The van der Waals surface area contributed by atoms with Gasteiger partial charge in [0.2, 0.25) is 0 Å². The van der Waals surface area contributed by atoms with Crippen LogP contribution in [0.3, 0.4) is 0 Å². The van der Waals surface area contributed by atoms with Crippen LogP contribution in [-0.2, 0) is 6.54 Å². The Morgan fingerprint density at radius 3 is 2.73 bits per heavy atom. The minimum atomic E-state index is -0.375. The minimum absolute atomic E-state index is 0.316. The lowest BCUT2D eigenvalue weighted by atomic mass is 10.1. The van der Waals surface area contributed by atoms with Gasteiger partial charge in [-0.15, -0.1) is 0 Å².